The van der Waals surface area contributed by atoms with Crippen molar-refractivity contribution in [2.75, 3.05) is 13.1 Å². The highest BCUT2D eigenvalue weighted by atomic mass is 19.1. The first-order valence-corrected chi connectivity index (χ1v) is 12.5. The summed E-state index contributed by atoms with van der Waals surface area (Å²) in [4.78, 5) is 24.2. The van der Waals surface area contributed by atoms with E-state index in [0.29, 0.717) is 49.3 Å². The fourth-order valence-corrected chi connectivity index (χ4v) is 4.92. The van der Waals surface area contributed by atoms with Crippen LogP contribution in [0.4, 0.5) is 4.39 Å². The molecule has 1 saturated heterocycles. The van der Waals surface area contributed by atoms with Crippen LogP contribution in [0.25, 0.3) is 22.4 Å². The molecule has 1 fully saturated rings. The second kappa shape index (κ2) is 9.58. The summed E-state index contributed by atoms with van der Waals surface area (Å²) < 4.78 is 18.0. The summed E-state index contributed by atoms with van der Waals surface area (Å²) in [6.07, 6.45) is 5.70. The zero-order valence-electron chi connectivity index (χ0n) is 20.9. The molecule has 0 bridgehead atoms. The zero-order chi connectivity index (χ0) is 26.3. The van der Waals surface area contributed by atoms with Gasteiger partial charge in [-0.1, -0.05) is 12.1 Å². The van der Waals surface area contributed by atoms with Crippen molar-refractivity contribution in [2.45, 2.75) is 38.5 Å². The van der Waals surface area contributed by atoms with Gasteiger partial charge in [-0.3, -0.25) is 14.3 Å². The number of halogens is 1. The molecule has 6 rings (SSSR count). The zero-order valence-corrected chi connectivity index (χ0v) is 20.9. The third-order valence-corrected chi connectivity index (χ3v) is 7.09. The van der Waals surface area contributed by atoms with E-state index in [2.05, 4.69) is 25.1 Å². The van der Waals surface area contributed by atoms with Gasteiger partial charge in [-0.25, -0.2) is 23.7 Å². The molecule has 0 atom stereocenters. The van der Waals surface area contributed by atoms with Crippen molar-refractivity contribution in [3.05, 3.63) is 94.9 Å². The van der Waals surface area contributed by atoms with Gasteiger partial charge in [0.25, 0.3) is 5.56 Å². The predicted octanol–water partition coefficient (Wildman–Crippen LogP) is 2.64. The highest BCUT2D eigenvalue weighted by molar-refractivity contribution is 5.75. The van der Waals surface area contributed by atoms with Crippen LogP contribution < -0.4 is 5.56 Å². The van der Waals surface area contributed by atoms with E-state index < -0.39 is 5.60 Å². The van der Waals surface area contributed by atoms with Gasteiger partial charge in [-0.15, -0.1) is 0 Å². The van der Waals surface area contributed by atoms with Crippen molar-refractivity contribution in [3.63, 3.8) is 0 Å². The summed E-state index contributed by atoms with van der Waals surface area (Å²) >= 11 is 0. The molecule has 5 aromatic rings. The van der Waals surface area contributed by atoms with Crippen molar-refractivity contribution in [3.8, 4) is 11.4 Å². The van der Waals surface area contributed by atoms with E-state index in [-0.39, 0.29) is 17.9 Å². The van der Waals surface area contributed by atoms with Crippen LogP contribution in [0.15, 0.2) is 72.2 Å². The molecule has 0 aliphatic carbocycles. The van der Waals surface area contributed by atoms with Crippen molar-refractivity contribution in [1.82, 2.24) is 39.0 Å². The molecule has 0 spiro atoms. The van der Waals surface area contributed by atoms with E-state index in [0.717, 1.165) is 16.9 Å². The monoisotopic (exact) mass is 514 g/mol. The molecule has 0 unspecified atom stereocenters. The molecule has 0 saturated carbocycles. The Kier molecular flexibility index (Phi) is 6.09. The average Bonchev–Trinajstić information content (AvgIpc) is 3.56. The molecular formula is C27H27FN8O2. The van der Waals surface area contributed by atoms with Crippen LogP contribution in [0.3, 0.4) is 0 Å². The maximum Gasteiger partial charge on any atom is 0.264 e. The van der Waals surface area contributed by atoms with E-state index >= 15 is 0 Å². The first kappa shape index (κ1) is 24.1. The molecule has 0 radical (unpaired) electrons. The molecule has 3 aromatic heterocycles. The summed E-state index contributed by atoms with van der Waals surface area (Å²) in [5.74, 6) is 0.437. The van der Waals surface area contributed by atoms with Gasteiger partial charge in [0.2, 0.25) is 0 Å². The van der Waals surface area contributed by atoms with Crippen molar-refractivity contribution >= 4 is 11.0 Å². The lowest BCUT2D eigenvalue weighted by Gasteiger charge is -2.38. The lowest BCUT2D eigenvalue weighted by molar-refractivity contribution is -0.0364. The van der Waals surface area contributed by atoms with Gasteiger partial charge in [0.15, 0.2) is 5.65 Å². The fourth-order valence-electron chi connectivity index (χ4n) is 4.92. The molecule has 4 heterocycles. The van der Waals surface area contributed by atoms with Gasteiger partial charge in [-0.05, 0) is 61.7 Å². The number of hydrogen-bond donors (Lipinski definition) is 1. The lowest BCUT2D eigenvalue weighted by Crippen LogP contribution is -2.47. The summed E-state index contributed by atoms with van der Waals surface area (Å²) in [5, 5.41) is 20.4. The first-order valence-electron chi connectivity index (χ1n) is 12.5. The highest BCUT2D eigenvalue weighted by Gasteiger charge is 2.33. The van der Waals surface area contributed by atoms with Gasteiger partial charge < -0.3 is 5.11 Å². The number of fused-ring (bicyclic) bond motifs is 1. The highest BCUT2D eigenvalue weighted by Crippen LogP contribution is 2.25. The van der Waals surface area contributed by atoms with E-state index in [9.17, 15) is 14.3 Å². The van der Waals surface area contributed by atoms with Crippen LogP contribution in [0.5, 0.6) is 0 Å². The molecule has 38 heavy (non-hydrogen) atoms. The second-order valence-electron chi connectivity index (χ2n) is 9.85. The number of piperidine rings is 1. The molecule has 11 heteroatoms. The fraction of sp³-hybridized carbons (Fsp3) is 0.296. The Balaban J connectivity index is 1.16. The quantitative estimate of drug-likeness (QED) is 0.371. The minimum absolute atomic E-state index is 0.163. The van der Waals surface area contributed by atoms with E-state index in [1.807, 2.05) is 31.2 Å². The number of rotatable bonds is 6. The Morgan fingerprint density at radius 3 is 2.37 bits per heavy atom. The summed E-state index contributed by atoms with van der Waals surface area (Å²) in [6, 6.07) is 14.0. The normalized spacial score (nSPS) is 15.8. The lowest BCUT2D eigenvalue weighted by atomic mass is 9.91. The Labute approximate surface area is 217 Å². The van der Waals surface area contributed by atoms with Gasteiger partial charge in [-0.2, -0.15) is 10.2 Å². The molecule has 1 N–H and O–H groups in total. The second-order valence-corrected chi connectivity index (χ2v) is 9.85. The van der Waals surface area contributed by atoms with Crippen molar-refractivity contribution in [1.29, 1.82) is 0 Å². The van der Waals surface area contributed by atoms with Gasteiger partial charge >= 0.3 is 0 Å². The molecule has 1 aliphatic heterocycles. The SMILES string of the molecule is Cc1ncn(-c2ccc(-n3ncc4c(=O)n(CC5(O)CCN(Cc6ccc(F)cc6)CC5)cnc43)cc2)n1. The Bertz CT molecular complexity index is 1630. The molecule has 10 nitrogen and oxygen atoms in total. The molecular weight excluding hydrogens is 487 g/mol. The number of likely N-dealkylation sites (tertiary alicyclic amines) is 1. The van der Waals surface area contributed by atoms with Crippen LogP contribution in [0, 0.1) is 12.7 Å². The van der Waals surface area contributed by atoms with Crippen LogP contribution in [0.2, 0.25) is 0 Å². The molecule has 0 amide bonds. The van der Waals surface area contributed by atoms with Crippen LogP contribution in [-0.4, -0.2) is 62.8 Å². The number of aromatic nitrogens is 7. The minimum atomic E-state index is -1.01. The molecule has 1 aliphatic rings. The number of benzene rings is 2. The summed E-state index contributed by atoms with van der Waals surface area (Å²) in [6.45, 7) is 4.05. The molecule has 194 valence electrons. The third-order valence-electron chi connectivity index (χ3n) is 7.09. The van der Waals surface area contributed by atoms with Crippen molar-refractivity contribution in [2.24, 2.45) is 0 Å². The Morgan fingerprint density at radius 2 is 1.68 bits per heavy atom. The van der Waals surface area contributed by atoms with Crippen LogP contribution in [-0.2, 0) is 13.1 Å². The number of hydrogen-bond acceptors (Lipinski definition) is 7. The standard InChI is InChI=1S/C27H27FN8O2/c1-19-29-18-35(32-19)22-6-8-23(9-7-22)36-25-24(14-31-36)26(37)34(17-30-25)16-27(38)10-12-33(13-11-27)15-20-2-4-21(28)5-3-20/h2-9,14,17-18,38H,10-13,15-16H2,1H3. The van der Waals surface area contributed by atoms with Crippen molar-refractivity contribution < 1.29 is 9.50 Å². The number of aliphatic hydroxyl groups is 1. The first-order chi connectivity index (χ1) is 18.4. The van der Waals surface area contributed by atoms with Crippen LogP contribution in [0.1, 0.15) is 24.2 Å². The Morgan fingerprint density at radius 1 is 0.974 bits per heavy atom. The average molecular weight is 515 g/mol. The van der Waals surface area contributed by atoms with E-state index in [1.165, 1.54) is 29.2 Å². The van der Waals surface area contributed by atoms with Crippen LogP contribution >= 0.6 is 0 Å². The Hall–Kier alpha value is -4.22. The number of aryl methyl sites for hydroxylation is 1. The van der Waals surface area contributed by atoms with E-state index in [1.54, 1.807) is 27.8 Å². The largest absolute Gasteiger partial charge is 0.388 e. The predicted molar refractivity (Wildman–Crippen MR) is 139 cm³/mol. The van der Waals surface area contributed by atoms with E-state index in [4.69, 9.17) is 0 Å². The van der Waals surface area contributed by atoms with Gasteiger partial charge in [0.05, 0.1) is 29.7 Å². The minimum Gasteiger partial charge on any atom is -0.388 e. The summed E-state index contributed by atoms with van der Waals surface area (Å²) in [5.41, 5.74) is 1.86. The third kappa shape index (κ3) is 4.73. The van der Waals surface area contributed by atoms with Gasteiger partial charge in [0, 0.05) is 19.6 Å². The maximum absolute atomic E-state index is 13.3. The maximum atomic E-state index is 13.3. The topological polar surface area (TPSA) is 107 Å². The smallest absolute Gasteiger partial charge is 0.264 e. The number of nitrogens with zero attached hydrogens (tertiary/aromatic N) is 8. The molecule has 2 aromatic carbocycles. The summed E-state index contributed by atoms with van der Waals surface area (Å²) in [7, 11) is 0. The van der Waals surface area contributed by atoms with Gasteiger partial charge in [0.1, 0.15) is 29.7 Å².